The fourth-order valence-electron chi connectivity index (χ4n) is 1.20. The molecular formula is C9H10BrClO2S. The van der Waals surface area contributed by atoms with Crippen LogP contribution in [0.4, 0.5) is 0 Å². The quantitative estimate of drug-likeness (QED) is 0.786. The van der Waals surface area contributed by atoms with E-state index in [4.69, 9.17) is 10.7 Å². The number of aryl methyl sites for hydroxylation is 1. The molecule has 0 aliphatic carbocycles. The number of halogens is 2. The monoisotopic (exact) mass is 296 g/mol. The molecule has 0 spiro atoms. The predicted molar refractivity (Wildman–Crippen MR) is 62.1 cm³/mol. The molecule has 0 saturated carbocycles. The van der Waals surface area contributed by atoms with Gasteiger partial charge in [-0.15, -0.1) is 0 Å². The molecular weight excluding hydrogens is 288 g/mol. The van der Waals surface area contributed by atoms with Gasteiger partial charge in [0.2, 0.25) is 9.05 Å². The van der Waals surface area contributed by atoms with Gasteiger partial charge in [0.05, 0.1) is 5.75 Å². The predicted octanol–water partition coefficient (Wildman–Crippen LogP) is 3.13. The molecule has 0 atom stereocenters. The van der Waals surface area contributed by atoms with Crippen LogP contribution in [0, 0.1) is 13.8 Å². The van der Waals surface area contributed by atoms with Crippen molar-refractivity contribution >= 4 is 35.7 Å². The highest BCUT2D eigenvalue weighted by molar-refractivity contribution is 9.10. The first-order valence-corrected chi connectivity index (χ1v) is 7.25. The van der Waals surface area contributed by atoms with Crippen molar-refractivity contribution in [2.45, 2.75) is 19.6 Å². The van der Waals surface area contributed by atoms with Gasteiger partial charge in [-0.1, -0.05) is 28.1 Å². The van der Waals surface area contributed by atoms with E-state index in [9.17, 15) is 8.42 Å². The van der Waals surface area contributed by atoms with Crippen molar-refractivity contribution in [2.24, 2.45) is 0 Å². The smallest absolute Gasteiger partial charge is 0.212 e. The van der Waals surface area contributed by atoms with Crippen LogP contribution >= 0.6 is 26.6 Å². The second-order valence-corrected chi connectivity index (χ2v) is 6.73. The molecule has 5 heteroatoms. The average Bonchev–Trinajstić information content (AvgIpc) is 2.04. The number of hydrogen-bond donors (Lipinski definition) is 0. The summed E-state index contributed by atoms with van der Waals surface area (Å²) in [6, 6.07) is 3.66. The Labute approximate surface area is 96.8 Å². The molecule has 0 bridgehead atoms. The molecule has 0 fully saturated rings. The summed E-state index contributed by atoms with van der Waals surface area (Å²) in [5.41, 5.74) is 2.74. The van der Waals surface area contributed by atoms with Gasteiger partial charge in [-0.25, -0.2) is 8.42 Å². The molecule has 0 N–H and O–H groups in total. The minimum Gasteiger partial charge on any atom is -0.212 e. The van der Waals surface area contributed by atoms with E-state index in [0.717, 1.165) is 21.2 Å². The Balaban J connectivity index is 3.19. The second-order valence-electron chi connectivity index (χ2n) is 3.16. The van der Waals surface area contributed by atoms with Crippen LogP contribution in [0.1, 0.15) is 16.7 Å². The molecule has 0 heterocycles. The molecule has 0 aliphatic rings. The third-order valence-corrected chi connectivity index (χ3v) is 4.22. The molecule has 1 aromatic rings. The Hall–Kier alpha value is -0.0600. The summed E-state index contributed by atoms with van der Waals surface area (Å²) in [4.78, 5) is 0. The molecule has 1 rings (SSSR count). The maximum Gasteiger partial charge on any atom is 0.236 e. The molecule has 2 nitrogen and oxygen atoms in total. The summed E-state index contributed by atoms with van der Waals surface area (Å²) in [5.74, 6) is -0.126. The van der Waals surface area contributed by atoms with Crippen LogP contribution in [0.3, 0.4) is 0 Å². The summed E-state index contributed by atoms with van der Waals surface area (Å²) in [7, 11) is 1.71. The van der Waals surface area contributed by atoms with Crippen LogP contribution in [0.25, 0.3) is 0 Å². The topological polar surface area (TPSA) is 34.1 Å². The number of rotatable bonds is 2. The van der Waals surface area contributed by atoms with Gasteiger partial charge in [0.1, 0.15) is 0 Å². The summed E-state index contributed by atoms with van der Waals surface area (Å²) in [5, 5.41) is 0. The van der Waals surface area contributed by atoms with Gasteiger partial charge in [0.15, 0.2) is 0 Å². The van der Waals surface area contributed by atoms with Crippen LogP contribution < -0.4 is 0 Å². The highest BCUT2D eigenvalue weighted by atomic mass is 79.9. The van der Waals surface area contributed by atoms with Gasteiger partial charge in [0, 0.05) is 15.2 Å². The van der Waals surface area contributed by atoms with Gasteiger partial charge in [-0.2, -0.15) is 0 Å². The number of hydrogen-bond acceptors (Lipinski definition) is 2. The second kappa shape index (κ2) is 4.21. The third kappa shape index (κ3) is 2.97. The Kier molecular flexibility index (Phi) is 3.61. The van der Waals surface area contributed by atoms with Crippen LogP contribution in [0.2, 0.25) is 0 Å². The van der Waals surface area contributed by atoms with Crippen molar-refractivity contribution in [3.8, 4) is 0 Å². The van der Waals surface area contributed by atoms with Gasteiger partial charge in [-0.3, -0.25) is 0 Å². The van der Waals surface area contributed by atoms with Crippen molar-refractivity contribution in [3.63, 3.8) is 0 Å². The first-order valence-electron chi connectivity index (χ1n) is 3.98. The van der Waals surface area contributed by atoms with E-state index in [1.165, 1.54) is 0 Å². The summed E-state index contributed by atoms with van der Waals surface area (Å²) in [6.45, 7) is 3.82. The zero-order valence-electron chi connectivity index (χ0n) is 7.84. The first kappa shape index (κ1) is 12.0. The zero-order chi connectivity index (χ0) is 10.9. The first-order chi connectivity index (χ1) is 6.31. The lowest BCUT2D eigenvalue weighted by atomic mass is 10.1. The van der Waals surface area contributed by atoms with Crippen molar-refractivity contribution in [3.05, 3.63) is 33.3 Å². The van der Waals surface area contributed by atoms with Gasteiger partial charge < -0.3 is 0 Å². The maximum atomic E-state index is 10.9. The highest BCUT2D eigenvalue weighted by Gasteiger charge is 2.11. The molecule has 0 aliphatic heterocycles. The van der Waals surface area contributed by atoms with Crippen LogP contribution in [-0.2, 0) is 14.8 Å². The largest absolute Gasteiger partial charge is 0.236 e. The third-order valence-electron chi connectivity index (χ3n) is 2.02. The van der Waals surface area contributed by atoms with Crippen LogP contribution in [0.15, 0.2) is 16.6 Å². The Morgan fingerprint density at radius 2 is 1.93 bits per heavy atom. The van der Waals surface area contributed by atoms with Crippen LogP contribution in [0.5, 0.6) is 0 Å². The summed E-state index contributed by atoms with van der Waals surface area (Å²) in [6.07, 6.45) is 0. The minimum atomic E-state index is -3.48. The maximum absolute atomic E-state index is 10.9. The molecule has 0 saturated heterocycles. The van der Waals surface area contributed by atoms with Gasteiger partial charge >= 0.3 is 0 Å². The van der Waals surface area contributed by atoms with Crippen LogP contribution in [-0.4, -0.2) is 8.42 Å². The molecule has 14 heavy (non-hydrogen) atoms. The molecule has 0 amide bonds. The zero-order valence-corrected chi connectivity index (χ0v) is 11.0. The Morgan fingerprint density at radius 3 is 2.43 bits per heavy atom. The van der Waals surface area contributed by atoms with Gasteiger partial charge in [-0.05, 0) is 30.5 Å². The minimum absolute atomic E-state index is 0.126. The molecule has 0 unspecified atom stereocenters. The standard InChI is InChI=1S/C9H10BrClO2S/c1-6-3-4-8(5-14(11,12)13)7(2)9(6)10/h3-4H,5H2,1-2H3. The lowest BCUT2D eigenvalue weighted by Gasteiger charge is -2.08. The molecule has 0 aromatic heterocycles. The van der Waals surface area contributed by atoms with Crippen molar-refractivity contribution in [1.29, 1.82) is 0 Å². The highest BCUT2D eigenvalue weighted by Crippen LogP contribution is 2.25. The average molecular weight is 298 g/mol. The van der Waals surface area contributed by atoms with Crippen molar-refractivity contribution < 1.29 is 8.42 Å². The van der Waals surface area contributed by atoms with E-state index in [0.29, 0.717) is 0 Å². The lowest BCUT2D eigenvalue weighted by molar-refractivity contribution is 0.608. The Morgan fingerprint density at radius 1 is 1.36 bits per heavy atom. The van der Waals surface area contributed by atoms with E-state index in [2.05, 4.69) is 15.9 Å². The Bertz CT molecular complexity index is 454. The summed E-state index contributed by atoms with van der Waals surface area (Å²) >= 11 is 3.40. The van der Waals surface area contributed by atoms with E-state index >= 15 is 0 Å². The molecule has 0 radical (unpaired) electrons. The molecule has 78 valence electrons. The van der Waals surface area contributed by atoms with Crippen molar-refractivity contribution in [2.75, 3.05) is 0 Å². The fourth-order valence-corrected chi connectivity index (χ4v) is 2.63. The van der Waals surface area contributed by atoms with E-state index in [-0.39, 0.29) is 5.75 Å². The van der Waals surface area contributed by atoms with E-state index in [1.54, 1.807) is 6.07 Å². The fraction of sp³-hybridized carbons (Fsp3) is 0.333. The summed E-state index contributed by atoms with van der Waals surface area (Å²) < 4.78 is 22.7. The lowest BCUT2D eigenvalue weighted by Crippen LogP contribution is -1.98. The van der Waals surface area contributed by atoms with E-state index < -0.39 is 9.05 Å². The van der Waals surface area contributed by atoms with Gasteiger partial charge in [0.25, 0.3) is 0 Å². The normalized spacial score (nSPS) is 11.7. The van der Waals surface area contributed by atoms with Crippen molar-refractivity contribution in [1.82, 2.24) is 0 Å². The number of benzene rings is 1. The molecule has 1 aromatic carbocycles. The van der Waals surface area contributed by atoms with E-state index in [1.807, 2.05) is 19.9 Å². The SMILES string of the molecule is Cc1ccc(CS(=O)(=O)Cl)c(C)c1Br.